The van der Waals surface area contributed by atoms with Gasteiger partial charge in [-0.2, -0.15) is 5.26 Å². The smallest absolute Gasteiger partial charge is 0.193 e. The summed E-state index contributed by atoms with van der Waals surface area (Å²) in [5, 5.41) is 8.58. The first-order valence-corrected chi connectivity index (χ1v) is 5.24. The highest BCUT2D eigenvalue weighted by atomic mass is 16.1. The predicted molar refractivity (Wildman–Crippen MR) is 65.3 cm³/mol. The molecule has 0 aliphatic heterocycles. The van der Waals surface area contributed by atoms with Gasteiger partial charge < -0.3 is 0 Å². The van der Waals surface area contributed by atoms with E-state index in [1.165, 1.54) is 6.42 Å². The van der Waals surface area contributed by atoms with Gasteiger partial charge in [-0.1, -0.05) is 48.5 Å². The van der Waals surface area contributed by atoms with Crippen LogP contribution in [0.2, 0.25) is 0 Å². The summed E-state index contributed by atoms with van der Waals surface area (Å²) < 4.78 is 0. The number of ketones is 1. The number of carbonyl (C=O) groups excluding carboxylic acids is 1. The summed E-state index contributed by atoms with van der Waals surface area (Å²) in [5.74, 6) is -0.0289. The van der Waals surface area contributed by atoms with E-state index in [0.29, 0.717) is 11.1 Å². The van der Waals surface area contributed by atoms with Gasteiger partial charge in [0.05, 0.1) is 12.5 Å². The fraction of sp³-hybridized carbons (Fsp3) is 0. The molecule has 2 heteroatoms. The molecular weight excluding hydrogens is 210 g/mol. The van der Waals surface area contributed by atoms with Crippen molar-refractivity contribution in [1.29, 1.82) is 5.26 Å². The summed E-state index contributed by atoms with van der Waals surface area (Å²) in [6.45, 7) is 0. The zero-order valence-electron chi connectivity index (χ0n) is 9.13. The van der Waals surface area contributed by atoms with Gasteiger partial charge in [0.1, 0.15) is 0 Å². The molecule has 17 heavy (non-hydrogen) atoms. The normalized spacial score (nSPS) is 9.59. The molecular formula is C15H10NO. The average Bonchev–Trinajstić information content (AvgIpc) is 2.40. The third-order valence-corrected chi connectivity index (χ3v) is 2.42. The highest BCUT2D eigenvalue weighted by Crippen LogP contribution is 2.12. The topological polar surface area (TPSA) is 40.9 Å². The van der Waals surface area contributed by atoms with Gasteiger partial charge in [0, 0.05) is 11.1 Å². The Kier molecular flexibility index (Phi) is 3.32. The van der Waals surface area contributed by atoms with E-state index >= 15 is 0 Å². The Hall–Kier alpha value is -2.40. The standard InChI is InChI=1S/C15H10NO/c16-10-9-12-5-4-8-14(11-12)15(17)13-6-2-1-3-7-13/h1-9,11H. The molecule has 81 valence electrons. The van der Waals surface area contributed by atoms with Gasteiger partial charge in [-0.3, -0.25) is 4.79 Å². The van der Waals surface area contributed by atoms with Crippen molar-refractivity contribution < 1.29 is 4.79 Å². The summed E-state index contributed by atoms with van der Waals surface area (Å²) in [6.07, 6.45) is 1.42. The fourth-order valence-corrected chi connectivity index (χ4v) is 1.60. The SMILES string of the molecule is N#C[CH]c1cccc(C(=O)c2ccccc2)c1. The maximum atomic E-state index is 12.1. The van der Waals surface area contributed by atoms with Crippen LogP contribution in [0.1, 0.15) is 21.5 Å². The monoisotopic (exact) mass is 220 g/mol. The van der Waals surface area contributed by atoms with E-state index in [1.54, 1.807) is 36.4 Å². The Morgan fingerprint density at radius 1 is 1.00 bits per heavy atom. The Bertz CT molecular complexity index is 567. The predicted octanol–water partition coefficient (Wildman–Crippen LogP) is 2.99. The molecule has 0 bridgehead atoms. The van der Waals surface area contributed by atoms with Crippen LogP contribution in [0, 0.1) is 17.8 Å². The van der Waals surface area contributed by atoms with Crippen LogP contribution in [0.5, 0.6) is 0 Å². The molecule has 0 amide bonds. The van der Waals surface area contributed by atoms with Crippen molar-refractivity contribution in [3.8, 4) is 6.07 Å². The molecule has 2 nitrogen and oxygen atoms in total. The van der Waals surface area contributed by atoms with Crippen molar-refractivity contribution in [2.24, 2.45) is 0 Å². The zero-order valence-corrected chi connectivity index (χ0v) is 9.13. The third-order valence-electron chi connectivity index (χ3n) is 2.42. The maximum absolute atomic E-state index is 12.1. The second kappa shape index (κ2) is 5.09. The van der Waals surface area contributed by atoms with Crippen LogP contribution in [0.3, 0.4) is 0 Å². The van der Waals surface area contributed by atoms with Gasteiger partial charge in [-0.25, -0.2) is 0 Å². The lowest BCUT2D eigenvalue weighted by molar-refractivity contribution is 0.103. The van der Waals surface area contributed by atoms with Crippen molar-refractivity contribution in [3.63, 3.8) is 0 Å². The van der Waals surface area contributed by atoms with Crippen LogP contribution >= 0.6 is 0 Å². The fourth-order valence-electron chi connectivity index (χ4n) is 1.60. The molecule has 0 spiro atoms. The van der Waals surface area contributed by atoms with Crippen molar-refractivity contribution >= 4 is 5.78 Å². The first kappa shape index (κ1) is 11.1. The molecule has 0 aromatic heterocycles. The molecule has 0 aliphatic rings. The van der Waals surface area contributed by atoms with Crippen molar-refractivity contribution in [2.45, 2.75) is 0 Å². The lowest BCUT2D eigenvalue weighted by Crippen LogP contribution is -2.01. The van der Waals surface area contributed by atoms with Crippen molar-refractivity contribution in [1.82, 2.24) is 0 Å². The number of hydrogen-bond donors (Lipinski definition) is 0. The van der Waals surface area contributed by atoms with Crippen molar-refractivity contribution in [2.75, 3.05) is 0 Å². The van der Waals surface area contributed by atoms with Crippen LogP contribution in [0.15, 0.2) is 54.6 Å². The molecule has 0 aliphatic carbocycles. The molecule has 0 unspecified atom stereocenters. The summed E-state index contributed by atoms with van der Waals surface area (Å²) in [5.41, 5.74) is 2.00. The summed E-state index contributed by atoms with van der Waals surface area (Å²) in [6, 6.07) is 18.1. The quantitative estimate of drug-likeness (QED) is 0.746. The molecule has 2 aromatic rings. The van der Waals surface area contributed by atoms with Gasteiger partial charge in [-0.05, 0) is 11.6 Å². The minimum Gasteiger partial charge on any atom is -0.289 e. The Morgan fingerprint density at radius 3 is 2.41 bits per heavy atom. The van der Waals surface area contributed by atoms with Gasteiger partial charge >= 0.3 is 0 Å². The van der Waals surface area contributed by atoms with Crippen LogP contribution in [0.4, 0.5) is 0 Å². The number of rotatable bonds is 3. The van der Waals surface area contributed by atoms with E-state index in [1.807, 2.05) is 24.3 Å². The van der Waals surface area contributed by atoms with Gasteiger partial charge in [-0.15, -0.1) is 0 Å². The van der Waals surface area contributed by atoms with Gasteiger partial charge in [0.2, 0.25) is 0 Å². The molecule has 0 N–H and O–H groups in total. The zero-order chi connectivity index (χ0) is 12.1. The van der Waals surface area contributed by atoms with Crippen LogP contribution < -0.4 is 0 Å². The van der Waals surface area contributed by atoms with E-state index in [-0.39, 0.29) is 5.78 Å². The molecule has 0 saturated heterocycles. The highest BCUT2D eigenvalue weighted by molar-refractivity contribution is 6.09. The molecule has 2 rings (SSSR count). The van der Waals surface area contributed by atoms with E-state index in [0.717, 1.165) is 5.56 Å². The van der Waals surface area contributed by atoms with Crippen molar-refractivity contribution in [3.05, 3.63) is 77.7 Å². The van der Waals surface area contributed by atoms with E-state index < -0.39 is 0 Å². The largest absolute Gasteiger partial charge is 0.289 e. The van der Waals surface area contributed by atoms with Crippen LogP contribution in [-0.4, -0.2) is 5.78 Å². The highest BCUT2D eigenvalue weighted by Gasteiger charge is 2.08. The molecule has 0 fully saturated rings. The summed E-state index contributed by atoms with van der Waals surface area (Å²) in [7, 11) is 0. The first-order chi connectivity index (χ1) is 8.31. The molecule has 0 atom stereocenters. The van der Waals surface area contributed by atoms with Crippen LogP contribution in [0.25, 0.3) is 0 Å². The average molecular weight is 220 g/mol. The van der Waals surface area contributed by atoms with Gasteiger partial charge in [0.15, 0.2) is 5.78 Å². The number of hydrogen-bond acceptors (Lipinski definition) is 2. The molecule has 2 aromatic carbocycles. The number of benzene rings is 2. The lowest BCUT2D eigenvalue weighted by Gasteiger charge is -2.02. The minimum atomic E-state index is -0.0289. The van der Waals surface area contributed by atoms with Crippen LogP contribution in [-0.2, 0) is 0 Å². The molecule has 0 saturated carbocycles. The summed E-state index contributed by atoms with van der Waals surface area (Å²) >= 11 is 0. The van der Waals surface area contributed by atoms with E-state index in [9.17, 15) is 4.79 Å². The third kappa shape index (κ3) is 2.59. The van der Waals surface area contributed by atoms with E-state index in [4.69, 9.17) is 5.26 Å². The molecule has 0 heterocycles. The second-order valence-electron chi connectivity index (χ2n) is 3.59. The second-order valence-corrected chi connectivity index (χ2v) is 3.59. The Labute approximate surface area is 100 Å². The Morgan fingerprint density at radius 2 is 1.71 bits per heavy atom. The number of nitrogens with zero attached hydrogens (tertiary/aromatic N) is 1. The van der Waals surface area contributed by atoms with Gasteiger partial charge in [0.25, 0.3) is 0 Å². The Balaban J connectivity index is 2.32. The number of nitriles is 1. The first-order valence-electron chi connectivity index (χ1n) is 5.24. The maximum Gasteiger partial charge on any atom is 0.193 e. The number of carbonyl (C=O) groups is 1. The molecule has 1 radical (unpaired) electrons. The summed E-state index contributed by atoms with van der Waals surface area (Å²) in [4.78, 5) is 12.1. The lowest BCUT2D eigenvalue weighted by atomic mass is 10.0. The van der Waals surface area contributed by atoms with E-state index in [2.05, 4.69) is 0 Å². The minimum absolute atomic E-state index is 0.0289.